The van der Waals surface area contributed by atoms with E-state index >= 15 is 0 Å². The molecule has 48 heavy (non-hydrogen) atoms. The average Bonchev–Trinajstić information content (AvgIpc) is 3.82. The molecule has 5 fully saturated rings. The highest BCUT2D eigenvalue weighted by Crippen LogP contribution is 2.65. The van der Waals surface area contributed by atoms with Gasteiger partial charge in [0.25, 0.3) is 5.91 Å². The normalized spacial score (nSPS) is 29.3. The Hall–Kier alpha value is -2.29. The van der Waals surface area contributed by atoms with Crippen molar-refractivity contribution < 1.29 is 32.7 Å². The van der Waals surface area contributed by atoms with E-state index < -0.39 is 63.6 Å². The number of hydrogen-bond donors (Lipinski definition) is 5. The third-order valence-corrected chi connectivity index (χ3v) is 13.8. The molecule has 5 aliphatic rings. The quantitative estimate of drug-likeness (QED) is 0.143. The molecule has 3 saturated carbocycles. The standard InChI is InChI=1S/C34H58N6O7S/c1-33(2,3)24(19-39-15-10-16-48(39,46)47)37-32(45)38-26(21-11-8-7-9-12-21)31(44)40-18-22-25(34(22,4)5)27(40)29(42)36-23(17-20-13-14-20)28(41)30(43)35-6/h20-27,29,36,42H,7-19H2,1-6H3,(H,35,43)(H2,37,38,45)/t22-,23?,24+,25-,26-,27-,29?/m0/s1. The van der Waals surface area contributed by atoms with Crippen LogP contribution in [0.1, 0.15) is 92.4 Å². The molecule has 2 aliphatic heterocycles. The van der Waals surface area contributed by atoms with Crippen molar-refractivity contribution in [2.45, 2.75) is 123 Å². The lowest BCUT2D eigenvalue weighted by molar-refractivity contribution is -0.142. The van der Waals surface area contributed by atoms with Crippen LogP contribution in [0.15, 0.2) is 0 Å². The number of rotatable bonds is 13. The number of piperidine rings is 1. The Kier molecular flexibility index (Phi) is 10.9. The van der Waals surface area contributed by atoms with Crippen LogP contribution >= 0.6 is 0 Å². The molecule has 0 bridgehead atoms. The number of aliphatic hydroxyl groups excluding tert-OH is 1. The molecular weight excluding hydrogens is 636 g/mol. The predicted octanol–water partition coefficient (Wildman–Crippen LogP) is 1.56. The van der Waals surface area contributed by atoms with E-state index in [2.05, 4.69) is 35.1 Å². The van der Waals surface area contributed by atoms with Crippen LogP contribution in [0.3, 0.4) is 0 Å². The summed E-state index contributed by atoms with van der Waals surface area (Å²) in [7, 11) is -1.96. The van der Waals surface area contributed by atoms with Crippen LogP contribution in [0.5, 0.6) is 0 Å². The first-order valence-corrected chi connectivity index (χ1v) is 19.6. The van der Waals surface area contributed by atoms with Crippen molar-refractivity contribution in [1.29, 1.82) is 0 Å². The van der Waals surface area contributed by atoms with Gasteiger partial charge in [0.15, 0.2) is 0 Å². The van der Waals surface area contributed by atoms with Crippen molar-refractivity contribution in [2.75, 3.05) is 32.4 Å². The molecule has 0 aromatic heterocycles. The summed E-state index contributed by atoms with van der Waals surface area (Å²) >= 11 is 0. The van der Waals surface area contributed by atoms with Gasteiger partial charge in [-0.15, -0.1) is 0 Å². The fourth-order valence-electron chi connectivity index (χ4n) is 8.47. The van der Waals surface area contributed by atoms with Crippen molar-refractivity contribution in [2.24, 2.45) is 34.5 Å². The minimum absolute atomic E-state index is 0.00542. The molecule has 2 unspecified atom stereocenters. The van der Waals surface area contributed by atoms with Gasteiger partial charge in [-0.1, -0.05) is 66.7 Å². The van der Waals surface area contributed by atoms with Gasteiger partial charge in [-0.25, -0.2) is 13.2 Å². The molecular formula is C34H58N6O7S. The molecule has 2 saturated heterocycles. The van der Waals surface area contributed by atoms with Crippen LogP contribution in [0.4, 0.5) is 4.79 Å². The molecule has 5 rings (SSSR count). The molecule has 2 heterocycles. The molecule has 0 aromatic rings. The number of aliphatic hydroxyl groups is 1. The Morgan fingerprint density at radius 1 is 0.979 bits per heavy atom. The molecule has 13 nitrogen and oxygen atoms in total. The van der Waals surface area contributed by atoms with Gasteiger partial charge < -0.3 is 26.0 Å². The maximum atomic E-state index is 14.6. The molecule has 3 aliphatic carbocycles. The Bertz CT molecular complexity index is 1340. The number of fused-ring (bicyclic) bond motifs is 1. The number of carbonyl (C=O) groups is 4. The van der Waals surface area contributed by atoms with Crippen molar-refractivity contribution in [3.8, 4) is 0 Å². The van der Waals surface area contributed by atoms with E-state index in [4.69, 9.17) is 0 Å². The predicted molar refractivity (Wildman–Crippen MR) is 181 cm³/mol. The second kappa shape index (κ2) is 14.1. The molecule has 14 heteroatoms. The Labute approximate surface area is 286 Å². The van der Waals surface area contributed by atoms with Gasteiger partial charge in [0, 0.05) is 32.7 Å². The Morgan fingerprint density at radius 3 is 2.21 bits per heavy atom. The molecule has 272 valence electrons. The van der Waals surface area contributed by atoms with E-state index in [0.29, 0.717) is 31.8 Å². The van der Waals surface area contributed by atoms with Crippen LogP contribution in [0.25, 0.3) is 0 Å². The lowest BCUT2D eigenvalue weighted by atomic mass is 9.83. The lowest BCUT2D eigenvalue weighted by Gasteiger charge is -2.40. The minimum atomic E-state index is -3.36. The number of likely N-dealkylation sites (tertiary alicyclic amines) is 1. The summed E-state index contributed by atoms with van der Waals surface area (Å²) in [6, 6.07) is -3.33. The lowest BCUT2D eigenvalue weighted by Crippen LogP contribution is -2.62. The molecule has 0 aromatic carbocycles. The summed E-state index contributed by atoms with van der Waals surface area (Å²) in [5.74, 6) is -1.11. The van der Waals surface area contributed by atoms with E-state index in [1.165, 1.54) is 11.4 Å². The van der Waals surface area contributed by atoms with E-state index in [9.17, 15) is 32.7 Å². The monoisotopic (exact) mass is 694 g/mol. The average molecular weight is 695 g/mol. The minimum Gasteiger partial charge on any atom is -0.376 e. The summed E-state index contributed by atoms with van der Waals surface area (Å²) in [6.45, 7) is 11.1. The highest BCUT2D eigenvalue weighted by molar-refractivity contribution is 7.89. The fraction of sp³-hybridized carbons (Fsp3) is 0.882. The van der Waals surface area contributed by atoms with Gasteiger partial charge in [-0.3, -0.25) is 19.7 Å². The van der Waals surface area contributed by atoms with Gasteiger partial charge in [-0.2, -0.15) is 4.31 Å². The zero-order valence-corrected chi connectivity index (χ0v) is 30.4. The summed E-state index contributed by atoms with van der Waals surface area (Å²) in [5.41, 5.74) is -0.562. The van der Waals surface area contributed by atoms with Gasteiger partial charge in [-0.05, 0) is 60.2 Å². The Balaban J connectivity index is 1.35. The number of urea groups is 1. The third-order valence-electron chi connectivity index (χ3n) is 11.9. The second-order valence-electron chi connectivity index (χ2n) is 16.7. The van der Waals surface area contributed by atoms with Crippen LogP contribution in [-0.4, -0.2) is 109 Å². The zero-order chi connectivity index (χ0) is 35.2. The number of carbonyl (C=O) groups excluding carboxylic acids is 4. The van der Waals surface area contributed by atoms with Gasteiger partial charge in [0.1, 0.15) is 12.3 Å². The van der Waals surface area contributed by atoms with Gasteiger partial charge in [0.2, 0.25) is 21.7 Å². The number of sulfonamides is 1. The van der Waals surface area contributed by atoms with Crippen molar-refractivity contribution in [1.82, 2.24) is 30.5 Å². The largest absolute Gasteiger partial charge is 0.376 e. The first kappa shape index (κ1) is 37.0. The van der Waals surface area contributed by atoms with Crippen molar-refractivity contribution >= 4 is 33.7 Å². The smallest absolute Gasteiger partial charge is 0.315 e. The number of hydrogen-bond acceptors (Lipinski definition) is 8. The maximum absolute atomic E-state index is 14.6. The van der Waals surface area contributed by atoms with Crippen LogP contribution < -0.4 is 21.3 Å². The summed E-state index contributed by atoms with van der Waals surface area (Å²) < 4.78 is 26.6. The maximum Gasteiger partial charge on any atom is 0.315 e. The number of likely N-dealkylation sites (N-methyl/N-ethyl adjacent to an activating group) is 1. The number of nitrogens with one attached hydrogen (secondary N) is 4. The van der Waals surface area contributed by atoms with Gasteiger partial charge >= 0.3 is 6.03 Å². The molecule has 0 spiro atoms. The fourth-order valence-corrected chi connectivity index (χ4v) is 10.0. The first-order chi connectivity index (χ1) is 22.5. The highest BCUT2D eigenvalue weighted by Gasteiger charge is 2.69. The van der Waals surface area contributed by atoms with E-state index in [-0.39, 0.29) is 41.4 Å². The number of Topliss-reactive ketones (excluding diaryl/α,β-unsaturated/α-hetero) is 1. The van der Waals surface area contributed by atoms with Crippen molar-refractivity contribution in [3.63, 3.8) is 0 Å². The van der Waals surface area contributed by atoms with Crippen LogP contribution in [-0.2, 0) is 24.4 Å². The summed E-state index contributed by atoms with van der Waals surface area (Å²) in [5, 5.41) is 23.2. The summed E-state index contributed by atoms with van der Waals surface area (Å²) in [4.78, 5) is 55.4. The Morgan fingerprint density at radius 2 is 1.65 bits per heavy atom. The highest BCUT2D eigenvalue weighted by atomic mass is 32.2. The molecule has 4 amide bonds. The SMILES string of the molecule is CNC(=O)C(=O)C(CC1CC1)NC(O)[C@@H]1[C@@H]2[C@H](CN1C(=O)[C@@H](NC(=O)N[C@H](CN1CCCS1(=O)=O)C(C)(C)C)C1CCCCC1)C2(C)C. The van der Waals surface area contributed by atoms with Crippen LogP contribution in [0.2, 0.25) is 0 Å². The number of ketones is 1. The molecule has 5 N–H and O–H groups in total. The van der Waals surface area contributed by atoms with E-state index in [0.717, 1.165) is 44.9 Å². The van der Waals surface area contributed by atoms with E-state index in [1.807, 2.05) is 20.8 Å². The van der Waals surface area contributed by atoms with Crippen molar-refractivity contribution in [3.05, 3.63) is 0 Å². The summed E-state index contributed by atoms with van der Waals surface area (Å²) in [6.07, 6.45) is 6.25. The molecule has 7 atom stereocenters. The van der Waals surface area contributed by atoms with Gasteiger partial charge in [0.05, 0.1) is 17.8 Å². The number of nitrogens with zero attached hydrogens (tertiary/aromatic N) is 2. The topological polar surface area (TPSA) is 177 Å². The first-order valence-electron chi connectivity index (χ1n) is 18.0. The third kappa shape index (κ3) is 8.02. The number of amides is 4. The van der Waals surface area contributed by atoms with E-state index in [1.54, 1.807) is 4.90 Å². The second-order valence-corrected chi connectivity index (χ2v) is 18.7. The molecule has 0 radical (unpaired) electrons. The zero-order valence-electron chi connectivity index (χ0n) is 29.6. The van der Waals surface area contributed by atoms with Crippen LogP contribution in [0, 0.1) is 34.5 Å².